The van der Waals surface area contributed by atoms with Crippen LogP contribution in [-0.4, -0.2) is 52.1 Å². The van der Waals surface area contributed by atoms with E-state index in [1.807, 2.05) is 45.0 Å². The molecule has 0 unspecified atom stereocenters. The molecule has 7 heteroatoms. The number of rotatable bonds is 13. The van der Waals surface area contributed by atoms with Crippen molar-refractivity contribution >= 4 is 28.8 Å². The lowest BCUT2D eigenvalue weighted by Crippen LogP contribution is -2.41. The predicted octanol–water partition coefficient (Wildman–Crippen LogP) is 5.22. The van der Waals surface area contributed by atoms with Crippen molar-refractivity contribution in [2.24, 2.45) is 4.99 Å². The van der Waals surface area contributed by atoms with Crippen molar-refractivity contribution in [3.63, 3.8) is 0 Å². The van der Waals surface area contributed by atoms with Crippen LogP contribution in [0.4, 0.5) is 5.82 Å². The predicted molar refractivity (Wildman–Crippen MR) is 147 cm³/mol. The van der Waals surface area contributed by atoms with E-state index in [2.05, 4.69) is 28.7 Å². The smallest absolute Gasteiger partial charge is 0.252 e. The SMILES string of the molecule is C=CC(=O)CCC1(N(CCC)CCn2c(=O)ccc3ccc(N/C(C=NC)=C/C)nc32)CC1.CC. The zero-order valence-corrected chi connectivity index (χ0v) is 22.0. The summed E-state index contributed by atoms with van der Waals surface area (Å²) < 4.78 is 1.76. The summed E-state index contributed by atoms with van der Waals surface area (Å²) in [6, 6.07) is 7.31. The zero-order valence-electron chi connectivity index (χ0n) is 22.0. The average molecular weight is 480 g/mol. The molecule has 0 saturated heterocycles. The summed E-state index contributed by atoms with van der Waals surface area (Å²) in [6.07, 6.45) is 9.67. The van der Waals surface area contributed by atoms with Gasteiger partial charge in [0.15, 0.2) is 5.78 Å². The number of pyridine rings is 2. The van der Waals surface area contributed by atoms with E-state index in [1.165, 1.54) is 6.08 Å². The molecule has 0 aromatic carbocycles. The Kier molecular flexibility index (Phi) is 11.1. The number of hydrogen-bond donors (Lipinski definition) is 1. The van der Waals surface area contributed by atoms with Gasteiger partial charge in [0.2, 0.25) is 0 Å². The van der Waals surface area contributed by atoms with Gasteiger partial charge in [-0.2, -0.15) is 0 Å². The van der Waals surface area contributed by atoms with E-state index >= 15 is 0 Å². The highest BCUT2D eigenvalue weighted by atomic mass is 16.1. The Hall–Kier alpha value is -3.06. The van der Waals surface area contributed by atoms with Crippen molar-refractivity contribution in [3.8, 4) is 0 Å². The number of aliphatic imine (C=N–C) groups is 1. The third-order valence-corrected chi connectivity index (χ3v) is 6.33. The number of aromatic nitrogens is 2. The Morgan fingerprint density at radius 2 is 1.97 bits per heavy atom. The highest BCUT2D eigenvalue weighted by Crippen LogP contribution is 2.45. The second-order valence-electron chi connectivity index (χ2n) is 8.57. The molecule has 0 atom stereocenters. The van der Waals surface area contributed by atoms with E-state index in [0.29, 0.717) is 24.4 Å². The standard InChI is InChI=1S/C26H35N5O2.C2H6/c1-5-16-30(26(14-15-26)13-12-22(32)7-3)17-18-31-24(33)11-9-20-8-10-23(29-25(20)31)28-21(6-2)19-27-4;1-2/h6-11,19H,3,5,12-18H2,1-2,4H3,(H,28,29);1-2H3/b21-6+,27-19?;. The van der Waals surface area contributed by atoms with Gasteiger partial charge < -0.3 is 5.32 Å². The molecule has 2 aromatic heterocycles. The van der Waals surface area contributed by atoms with Crippen LogP contribution in [0.15, 0.2) is 58.5 Å². The Morgan fingerprint density at radius 3 is 2.57 bits per heavy atom. The minimum atomic E-state index is -0.0586. The number of ketones is 1. The normalized spacial score (nSPS) is 14.6. The largest absolute Gasteiger partial charge is 0.339 e. The van der Waals surface area contributed by atoms with Gasteiger partial charge in [-0.05, 0) is 63.4 Å². The molecule has 2 heterocycles. The second kappa shape index (κ2) is 13.7. The van der Waals surface area contributed by atoms with Gasteiger partial charge in [0.05, 0.1) is 5.70 Å². The number of nitrogens with one attached hydrogen (secondary N) is 1. The van der Waals surface area contributed by atoms with Crippen molar-refractivity contribution in [2.45, 2.75) is 71.9 Å². The number of fused-ring (bicyclic) bond motifs is 1. The van der Waals surface area contributed by atoms with Crippen LogP contribution < -0.4 is 10.9 Å². The van der Waals surface area contributed by atoms with Crippen molar-refractivity contribution in [2.75, 3.05) is 25.5 Å². The molecule has 1 aliphatic carbocycles. The van der Waals surface area contributed by atoms with Crippen LogP contribution in [0.2, 0.25) is 0 Å². The number of anilines is 1. The fourth-order valence-electron chi connectivity index (χ4n) is 4.32. The van der Waals surface area contributed by atoms with Crippen molar-refractivity contribution in [3.05, 3.63) is 59.0 Å². The molecule has 3 rings (SSSR count). The molecule has 1 fully saturated rings. The van der Waals surface area contributed by atoms with Crippen LogP contribution in [0.1, 0.15) is 59.8 Å². The van der Waals surface area contributed by atoms with Gasteiger partial charge >= 0.3 is 0 Å². The monoisotopic (exact) mass is 479 g/mol. The molecule has 0 amide bonds. The number of hydrogen-bond acceptors (Lipinski definition) is 6. The topological polar surface area (TPSA) is 79.6 Å². The summed E-state index contributed by atoms with van der Waals surface area (Å²) in [4.78, 5) is 35.9. The van der Waals surface area contributed by atoms with Crippen LogP contribution in [0, 0.1) is 0 Å². The van der Waals surface area contributed by atoms with Crippen LogP contribution in [0.3, 0.4) is 0 Å². The van der Waals surface area contributed by atoms with Crippen molar-refractivity contribution in [1.29, 1.82) is 0 Å². The lowest BCUT2D eigenvalue weighted by atomic mass is 10.0. The minimum absolute atomic E-state index is 0.0586. The number of carbonyl (C=O) groups excluding carboxylic acids is 1. The summed E-state index contributed by atoms with van der Waals surface area (Å²) in [5, 5.41) is 4.18. The molecule has 1 saturated carbocycles. The zero-order chi connectivity index (χ0) is 25.8. The first-order chi connectivity index (χ1) is 17.0. The third-order valence-electron chi connectivity index (χ3n) is 6.33. The van der Waals surface area contributed by atoms with Crippen molar-refractivity contribution in [1.82, 2.24) is 14.5 Å². The summed E-state index contributed by atoms with van der Waals surface area (Å²) in [5.74, 6) is 0.766. The lowest BCUT2D eigenvalue weighted by Gasteiger charge is -2.32. The van der Waals surface area contributed by atoms with Crippen LogP contribution >= 0.6 is 0 Å². The van der Waals surface area contributed by atoms with E-state index in [9.17, 15) is 9.59 Å². The highest BCUT2D eigenvalue weighted by Gasteiger charge is 2.46. The van der Waals surface area contributed by atoms with E-state index < -0.39 is 0 Å². The Labute approximate surface area is 209 Å². The first-order valence-corrected chi connectivity index (χ1v) is 12.7. The lowest BCUT2D eigenvalue weighted by molar-refractivity contribution is -0.115. The Bertz CT molecular complexity index is 1110. The maximum Gasteiger partial charge on any atom is 0.252 e. The molecule has 0 bridgehead atoms. The number of allylic oxidation sites excluding steroid dienone is 3. The summed E-state index contributed by atoms with van der Waals surface area (Å²) in [5.41, 5.74) is 1.52. The van der Waals surface area contributed by atoms with E-state index in [-0.39, 0.29) is 16.9 Å². The van der Waals surface area contributed by atoms with E-state index in [1.54, 1.807) is 23.9 Å². The third kappa shape index (κ3) is 7.46. The molecule has 1 N–H and O–H groups in total. The molecule has 0 spiro atoms. The minimum Gasteiger partial charge on any atom is -0.339 e. The maximum atomic E-state index is 12.8. The van der Waals surface area contributed by atoms with E-state index in [4.69, 9.17) is 4.98 Å². The number of nitrogens with zero attached hydrogens (tertiary/aromatic N) is 4. The second-order valence-corrected chi connectivity index (χ2v) is 8.57. The summed E-state index contributed by atoms with van der Waals surface area (Å²) >= 11 is 0. The average Bonchev–Trinajstić information content (AvgIpc) is 3.67. The number of carbonyl (C=O) groups is 1. The van der Waals surface area contributed by atoms with Gasteiger partial charge in [0.1, 0.15) is 11.5 Å². The van der Waals surface area contributed by atoms with E-state index in [0.717, 1.165) is 49.9 Å². The molecule has 0 radical (unpaired) electrons. The highest BCUT2D eigenvalue weighted by molar-refractivity contribution is 5.89. The summed E-state index contributed by atoms with van der Waals surface area (Å²) in [7, 11) is 1.72. The molecule has 7 nitrogen and oxygen atoms in total. The van der Waals surface area contributed by atoms with Gasteiger partial charge in [0, 0.05) is 49.8 Å². The first kappa shape index (κ1) is 28.2. The molecule has 2 aromatic rings. The fraction of sp³-hybridized carbons (Fsp3) is 0.500. The molecule has 190 valence electrons. The van der Waals surface area contributed by atoms with Gasteiger partial charge in [-0.3, -0.25) is 24.0 Å². The van der Waals surface area contributed by atoms with Gasteiger partial charge in [-0.25, -0.2) is 4.98 Å². The molecular weight excluding hydrogens is 438 g/mol. The Balaban J connectivity index is 0.00000210. The molecule has 35 heavy (non-hydrogen) atoms. The quantitative estimate of drug-likeness (QED) is 0.315. The van der Waals surface area contributed by atoms with Gasteiger partial charge in [-0.15, -0.1) is 0 Å². The van der Waals surface area contributed by atoms with Crippen LogP contribution in [-0.2, 0) is 11.3 Å². The van der Waals surface area contributed by atoms with Crippen LogP contribution in [0.5, 0.6) is 0 Å². The molecular formula is C28H41N5O2. The van der Waals surface area contributed by atoms with Gasteiger partial charge in [0.25, 0.3) is 5.56 Å². The summed E-state index contributed by atoms with van der Waals surface area (Å²) in [6.45, 7) is 13.9. The van der Waals surface area contributed by atoms with Crippen LogP contribution in [0.25, 0.3) is 11.0 Å². The molecule has 1 aliphatic rings. The fourth-order valence-corrected chi connectivity index (χ4v) is 4.32. The van der Waals surface area contributed by atoms with Crippen molar-refractivity contribution < 1.29 is 4.79 Å². The van der Waals surface area contributed by atoms with Gasteiger partial charge in [-0.1, -0.05) is 33.4 Å². The molecule has 0 aliphatic heterocycles. The Morgan fingerprint density at radius 1 is 1.26 bits per heavy atom. The maximum absolute atomic E-state index is 12.8. The first-order valence-electron chi connectivity index (χ1n) is 12.7.